The highest BCUT2D eigenvalue weighted by molar-refractivity contribution is 7.15. The maximum atomic E-state index is 12.3. The fraction of sp³-hybridized carbons (Fsp3) is 0.182. The Hall–Kier alpha value is -1.56. The molecule has 0 spiro atoms. The standard InChI is InChI=1S/C11H8F3NOS/c1-6-9(16)15-10(17-6)7-2-4-8(5-3-7)11(12,13)14/h2-5,16H,1H3. The zero-order valence-corrected chi connectivity index (χ0v) is 9.56. The molecule has 2 rings (SSSR count). The molecule has 0 amide bonds. The topological polar surface area (TPSA) is 33.1 Å². The van der Waals surface area contributed by atoms with Crippen LogP contribution in [0.25, 0.3) is 10.6 Å². The predicted molar refractivity (Wildman–Crippen MR) is 59.0 cm³/mol. The van der Waals surface area contributed by atoms with Crippen LogP contribution >= 0.6 is 11.3 Å². The molecule has 17 heavy (non-hydrogen) atoms. The Morgan fingerprint density at radius 1 is 1.18 bits per heavy atom. The summed E-state index contributed by atoms with van der Waals surface area (Å²) in [5.41, 5.74) is -0.134. The highest BCUT2D eigenvalue weighted by Crippen LogP contribution is 2.34. The Kier molecular flexibility index (Phi) is 2.82. The Morgan fingerprint density at radius 3 is 2.18 bits per heavy atom. The number of aromatic hydroxyl groups is 1. The fourth-order valence-electron chi connectivity index (χ4n) is 1.31. The lowest BCUT2D eigenvalue weighted by Crippen LogP contribution is -2.03. The van der Waals surface area contributed by atoms with Gasteiger partial charge in [0.15, 0.2) is 0 Å². The van der Waals surface area contributed by atoms with Crippen molar-refractivity contribution in [2.24, 2.45) is 0 Å². The zero-order chi connectivity index (χ0) is 12.6. The van der Waals surface area contributed by atoms with Crippen molar-refractivity contribution in [3.63, 3.8) is 0 Å². The molecule has 1 aromatic heterocycles. The minimum absolute atomic E-state index is 0.0788. The van der Waals surface area contributed by atoms with Gasteiger partial charge in [0, 0.05) is 5.56 Å². The largest absolute Gasteiger partial charge is 0.492 e. The van der Waals surface area contributed by atoms with Crippen molar-refractivity contribution >= 4 is 11.3 Å². The molecule has 1 N–H and O–H groups in total. The number of nitrogens with zero attached hydrogens (tertiary/aromatic N) is 1. The number of thiazole rings is 1. The second-order valence-corrected chi connectivity index (χ2v) is 4.68. The van der Waals surface area contributed by atoms with E-state index in [1.807, 2.05) is 0 Å². The summed E-state index contributed by atoms with van der Waals surface area (Å²) in [5, 5.41) is 9.81. The van der Waals surface area contributed by atoms with Crippen LogP contribution in [0.1, 0.15) is 10.4 Å². The monoisotopic (exact) mass is 259 g/mol. The fourth-order valence-corrected chi connectivity index (χ4v) is 2.13. The first-order valence-electron chi connectivity index (χ1n) is 4.72. The Morgan fingerprint density at radius 2 is 1.76 bits per heavy atom. The molecule has 90 valence electrons. The number of rotatable bonds is 1. The molecule has 6 heteroatoms. The van der Waals surface area contributed by atoms with E-state index < -0.39 is 11.7 Å². The summed E-state index contributed by atoms with van der Waals surface area (Å²) >= 11 is 1.24. The van der Waals surface area contributed by atoms with Crippen LogP contribution in [0.15, 0.2) is 24.3 Å². The molecular formula is C11H8F3NOS. The molecule has 0 saturated heterocycles. The molecule has 0 aliphatic heterocycles. The normalized spacial score (nSPS) is 11.8. The van der Waals surface area contributed by atoms with Crippen LogP contribution in [0.5, 0.6) is 5.88 Å². The highest BCUT2D eigenvalue weighted by atomic mass is 32.1. The van der Waals surface area contributed by atoms with Crippen molar-refractivity contribution in [3.05, 3.63) is 34.7 Å². The molecule has 0 bridgehead atoms. The lowest BCUT2D eigenvalue weighted by atomic mass is 10.1. The van der Waals surface area contributed by atoms with Crippen molar-refractivity contribution in [2.45, 2.75) is 13.1 Å². The third-order valence-corrected chi connectivity index (χ3v) is 3.24. The SMILES string of the molecule is Cc1sc(-c2ccc(C(F)(F)F)cc2)nc1O. The second kappa shape index (κ2) is 4.03. The van der Waals surface area contributed by atoms with Crippen LogP contribution in [0.2, 0.25) is 0 Å². The smallest absolute Gasteiger partial charge is 0.416 e. The minimum atomic E-state index is -4.33. The van der Waals surface area contributed by atoms with Crippen LogP contribution in [-0.4, -0.2) is 10.1 Å². The van der Waals surface area contributed by atoms with Gasteiger partial charge in [0.1, 0.15) is 5.01 Å². The van der Waals surface area contributed by atoms with Gasteiger partial charge in [-0.25, -0.2) is 4.98 Å². The van der Waals surface area contributed by atoms with Crippen LogP contribution in [-0.2, 0) is 6.18 Å². The van der Waals surface area contributed by atoms with Crippen molar-refractivity contribution in [1.82, 2.24) is 4.98 Å². The van der Waals surface area contributed by atoms with Gasteiger partial charge in [0.2, 0.25) is 5.88 Å². The molecule has 0 aliphatic rings. The molecule has 0 aliphatic carbocycles. The van der Waals surface area contributed by atoms with Crippen LogP contribution in [0, 0.1) is 6.92 Å². The van der Waals surface area contributed by atoms with Crippen LogP contribution < -0.4 is 0 Å². The molecule has 0 saturated carbocycles. The molecular weight excluding hydrogens is 251 g/mol. The van der Waals surface area contributed by atoms with E-state index in [1.54, 1.807) is 6.92 Å². The molecule has 1 heterocycles. The number of alkyl halides is 3. The van der Waals surface area contributed by atoms with Gasteiger partial charge >= 0.3 is 6.18 Å². The number of hydrogen-bond acceptors (Lipinski definition) is 3. The number of aromatic nitrogens is 1. The number of benzene rings is 1. The van der Waals surface area contributed by atoms with Gasteiger partial charge in [-0.1, -0.05) is 12.1 Å². The molecule has 0 unspecified atom stereocenters. The maximum Gasteiger partial charge on any atom is 0.416 e. The van der Waals surface area contributed by atoms with E-state index in [0.29, 0.717) is 15.4 Å². The molecule has 1 aromatic carbocycles. The van der Waals surface area contributed by atoms with Crippen molar-refractivity contribution in [3.8, 4) is 16.5 Å². The predicted octanol–water partition coefficient (Wildman–Crippen LogP) is 3.84. The first-order valence-corrected chi connectivity index (χ1v) is 5.53. The van der Waals surface area contributed by atoms with Crippen LogP contribution in [0.3, 0.4) is 0 Å². The summed E-state index contributed by atoms with van der Waals surface area (Å²) < 4.78 is 37.0. The quantitative estimate of drug-likeness (QED) is 0.844. The Bertz CT molecular complexity index is 511. The first-order chi connectivity index (χ1) is 7.88. The van der Waals surface area contributed by atoms with E-state index in [4.69, 9.17) is 0 Å². The molecule has 2 aromatic rings. The lowest BCUT2D eigenvalue weighted by Gasteiger charge is -2.06. The van der Waals surface area contributed by atoms with E-state index in [0.717, 1.165) is 12.1 Å². The van der Waals surface area contributed by atoms with Crippen LogP contribution in [0.4, 0.5) is 13.2 Å². The Balaban J connectivity index is 2.36. The zero-order valence-electron chi connectivity index (χ0n) is 8.75. The summed E-state index contributed by atoms with van der Waals surface area (Å²) in [6.07, 6.45) is -4.33. The highest BCUT2D eigenvalue weighted by Gasteiger charge is 2.30. The Labute approximate surface area is 99.4 Å². The lowest BCUT2D eigenvalue weighted by molar-refractivity contribution is -0.137. The summed E-state index contributed by atoms with van der Waals surface area (Å²) in [4.78, 5) is 4.50. The van der Waals surface area contributed by atoms with Crippen molar-refractivity contribution in [2.75, 3.05) is 0 Å². The van der Waals surface area contributed by atoms with Gasteiger partial charge in [0.05, 0.1) is 10.4 Å². The number of halogens is 3. The third kappa shape index (κ3) is 2.41. The van der Waals surface area contributed by atoms with Crippen molar-refractivity contribution < 1.29 is 18.3 Å². The van der Waals surface area contributed by atoms with Gasteiger partial charge in [-0.3, -0.25) is 0 Å². The van der Waals surface area contributed by atoms with Gasteiger partial charge in [-0.15, -0.1) is 11.3 Å². The van der Waals surface area contributed by atoms with Gasteiger partial charge in [-0.05, 0) is 19.1 Å². The summed E-state index contributed by atoms with van der Waals surface area (Å²) in [7, 11) is 0. The van der Waals surface area contributed by atoms with Gasteiger partial charge < -0.3 is 5.11 Å². The maximum absolute atomic E-state index is 12.3. The van der Waals surface area contributed by atoms with E-state index in [-0.39, 0.29) is 5.88 Å². The van der Waals surface area contributed by atoms with Gasteiger partial charge in [-0.2, -0.15) is 13.2 Å². The number of hydrogen-bond donors (Lipinski definition) is 1. The van der Waals surface area contributed by atoms with Crippen molar-refractivity contribution in [1.29, 1.82) is 0 Å². The summed E-state index contributed by atoms with van der Waals surface area (Å²) in [5.74, 6) is -0.0788. The molecule has 0 atom stereocenters. The van der Waals surface area contributed by atoms with E-state index in [2.05, 4.69) is 4.98 Å². The molecule has 0 radical (unpaired) electrons. The number of aryl methyl sites for hydroxylation is 1. The second-order valence-electron chi connectivity index (χ2n) is 3.47. The summed E-state index contributed by atoms with van der Waals surface area (Å²) in [6, 6.07) is 4.70. The average molecular weight is 259 g/mol. The van der Waals surface area contributed by atoms with Gasteiger partial charge in [0.25, 0.3) is 0 Å². The van der Waals surface area contributed by atoms with E-state index in [1.165, 1.54) is 23.5 Å². The molecule has 2 nitrogen and oxygen atoms in total. The summed E-state index contributed by atoms with van der Waals surface area (Å²) in [6.45, 7) is 1.70. The third-order valence-electron chi connectivity index (χ3n) is 2.23. The molecule has 0 fully saturated rings. The van der Waals surface area contributed by atoms with E-state index >= 15 is 0 Å². The first kappa shape index (κ1) is 11.9. The minimum Gasteiger partial charge on any atom is -0.492 e. The van der Waals surface area contributed by atoms with E-state index in [9.17, 15) is 18.3 Å². The average Bonchev–Trinajstić information content (AvgIpc) is 2.58.